The van der Waals surface area contributed by atoms with E-state index < -0.39 is 0 Å². The number of hydrogen-bond donors (Lipinski definition) is 1. The number of aliphatic hydroxyl groups excluding tert-OH is 1. The van der Waals surface area contributed by atoms with Gasteiger partial charge in [-0.15, -0.1) is 0 Å². The van der Waals surface area contributed by atoms with Gasteiger partial charge in [-0.2, -0.15) is 5.10 Å². The predicted octanol–water partition coefficient (Wildman–Crippen LogP) is 2.76. The molecule has 0 saturated heterocycles. The molecule has 0 spiro atoms. The summed E-state index contributed by atoms with van der Waals surface area (Å²) in [6.45, 7) is 2.22. The van der Waals surface area contributed by atoms with Crippen LogP contribution in [0.4, 0.5) is 0 Å². The Balaban J connectivity index is 2.34. The van der Waals surface area contributed by atoms with Crippen molar-refractivity contribution < 1.29 is 5.11 Å². The molecule has 1 heterocycles. The Morgan fingerprint density at radius 3 is 2.82 bits per heavy atom. The van der Waals surface area contributed by atoms with Crippen LogP contribution in [0, 0.1) is 6.92 Å². The van der Waals surface area contributed by atoms with E-state index in [1.54, 1.807) is 0 Å². The van der Waals surface area contributed by atoms with Crippen LogP contribution in [0.1, 0.15) is 17.7 Å². The van der Waals surface area contributed by atoms with Gasteiger partial charge >= 0.3 is 0 Å². The number of aromatic nitrogens is 2. The molecule has 90 valence electrons. The Kier molecular flexibility index (Phi) is 3.82. The van der Waals surface area contributed by atoms with E-state index >= 15 is 0 Å². The molecule has 1 aromatic heterocycles. The van der Waals surface area contributed by atoms with Crippen molar-refractivity contribution >= 4 is 11.6 Å². The van der Waals surface area contributed by atoms with Crippen LogP contribution >= 0.6 is 11.6 Å². The molecule has 0 saturated carbocycles. The van der Waals surface area contributed by atoms with Gasteiger partial charge in [0.05, 0.1) is 16.9 Å². The normalized spacial score (nSPS) is 10.8. The fraction of sp³-hybridized carbons (Fsp3) is 0.308. The molecule has 0 bridgehead atoms. The lowest BCUT2D eigenvalue weighted by atomic mass is 10.1. The first-order valence-corrected chi connectivity index (χ1v) is 6.01. The fourth-order valence-electron chi connectivity index (χ4n) is 1.82. The Labute approximate surface area is 106 Å². The van der Waals surface area contributed by atoms with Gasteiger partial charge in [0.25, 0.3) is 0 Å². The van der Waals surface area contributed by atoms with E-state index in [0.29, 0.717) is 5.02 Å². The third kappa shape index (κ3) is 2.51. The Morgan fingerprint density at radius 2 is 2.12 bits per heavy atom. The zero-order chi connectivity index (χ0) is 12.3. The van der Waals surface area contributed by atoms with Gasteiger partial charge in [0.2, 0.25) is 0 Å². The van der Waals surface area contributed by atoms with E-state index in [0.717, 1.165) is 29.8 Å². The van der Waals surface area contributed by atoms with Crippen molar-refractivity contribution in [3.8, 4) is 5.69 Å². The molecule has 2 aromatic rings. The van der Waals surface area contributed by atoms with Gasteiger partial charge < -0.3 is 5.11 Å². The fourth-order valence-corrected chi connectivity index (χ4v) is 2.04. The molecule has 0 aliphatic carbocycles. The standard InChI is InChI=1S/C13H15ClN2O/c1-10-11(5-4-8-17)9-15-16(10)13-7-3-2-6-12(13)14/h2-3,6-7,9,17H,4-5,8H2,1H3. The van der Waals surface area contributed by atoms with Crippen molar-refractivity contribution in [2.45, 2.75) is 19.8 Å². The minimum atomic E-state index is 0.205. The summed E-state index contributed by atoms with van der Waals surface area (Å²) in [6, 6.07) is 7.64. The number of aryl methyl sites for hydroxylation is 1. The van der Waals surface area contributed by atoms with Gasteiger partial charge in [0.15, 0.2) is 0 Å². The number of para-hydroxylation sites is 1. The number of hydrogen-bond acceptors (Lipinski definition) is 2. The van der Waals surface area contributed by atoms with Crippen LogP contribution in [0.25, 0.3) is 5.69 Å². The van der Waals surface area contributed by atoms with Gasteiger partial charge in [0, 0.05) is 12.3 Å². The Hall–Kier alpha value is -1.32. The SMILES string of the molecule is Cc1c(CCCO)cnn1-c1ccccc1Cl. The summed E-state index contributed by atoms with van der Waals surface area (Å²) in [5.41, 5.74) is 3.12. The van der Waals surface area contributed by atoms with Crippen LogP contribution < -0.4 is 0 Å². The van der Waals surface area contributed by atoms with Gasteiger partial charge in [-0.25, -0.2) is 4.68 Å². The van der Waals surface area contributed by atoms with Crippen LogP contribution in [0.3, 0.4) is 0 Å². The van der Waals surface area contributed by atoms with Crippen LogP contribution in [-0.2, 0) is 6.42 Å². The summed E-state index contributed by atoms with van der Waals surface area (Å²) in [5.74, 6) is 0. The highest BCUT2D eigenvalue weighted by atomic mass is 35.5. The molecule has 0 fully saturated rings. The van der Waals surface area contributed by atoms with E-state index in [1.165, 1.54) is 0 Å². The predicted molar refractivity (Wildman–Crippen MR) is 68.7 cm³/mol. The van der Waals surface area contributed by atoms with E-state index in [1.807, 2.05) is 42.1 Å². The molecule has 0 amide bonds. The molecule has 17 heavy (non-hydrogen) atoms. The zero-order valence-electron chi connectivity index (χ0n) is 9.73. The second kappa shape index (κ2) is 5.34. The van der Waals surface area contributed by atoms with E-state index in [4.69, 9.17) is 16.7 Å². The molecule has 0 radical (unpaired) electrons. The van der Waals surface area contributed by atoms with E-state index in [9.17, 15) is 0 Å². The van der Waals surface area contributed by atoms with Crippen molar-refractivity contribution in [1.29, 1.82) is 0 Å². The summed E-state index contributed by atoms with van der Waals surface area (Å²) in [6.07, 6.45) is 3.44. The van der Waals surface area contributed by atoms with Gasteiger partial charge in [-0.3, -0.25) is 0 Å². The van der Waals surface area contributed by atoms with Crippen molar-refractivity contribution in [3.05, 3.63) is 46.7 Å². The number of benzene rings is 1. The highest BCUT2D eigenvalue weighted by Crippen LogP contribution is 2.22. The second-order valence-corrected chi connectivity index (χ2v) is 4.35. The topological polar surface area (TPSA) is 38.1 Å². The molecule has 2 rings (SSSR count). The van der Waals surface area contributed by atoms with Crippen molar-refractivity contribution in [2.75, 3.05) is 6.61 Å². The highest BCUT2D eigenvalue weighted by molar-refractivity contribution is 6.32. The summed E-state index contributed by atoms with van der Waals surface area (Å²) in [7, 11) is 0. The monoisotopic (exact) mass is 250 g/mol. The number of rotatable bonds is 4. The van der Waals surface area contributed by atoms with E-state index in [-0.39, 0.29) is 6.61 Å². The maximum atomic E-state index is 8.84. The minimum Gasteiger partial charge on any atom is -0.396 e. The lowest BCUT2D eigenvalue weighted by molar-refractivity contribution is 0.288. The van der Waals surface area contributed by atoms with Gasteiger partial charge in [-0.05, 0) is 37.5 Å². The highest BCUT2D eigenvalue weighted by Gasteiger charge is 2.09. The van der Waals surface area contributed by atoms with Gasteiger partial charge in [0.1, 0.15) is 0 Å². The summed E-state index contributed by atoms with van der Waals surface area (Å²) in [5, 5.41) is 13.9. The van der Waals surface area contributed by atoms with Crippen LogP contribution in [0.5, 0.6) is 0 Å². The molecule has 1 aromatic carbocycles. The molecular weight excluding hydrogens is 236 g/mol. The molecule has 0 atom stereocenters. The van der Waals surface area contributed by atoms with Crippen LogP contribution in [-0.4, -0.2) is 21.5 Å². The number of halogens is 1. The Bertz CT molecular complexity index is 508. The first kappa shape index (κ1) is 12.1. The number of nitrogens with zero attached hydrogens (tertiary/aromatic N) is 2. The first-order valence-electron chi connectivity index (χ1n) is 5.63. The molecule has 4 heteroatoms. The molecule has 0 unspecified atom stereocenters. The third-order valence-corrected chi connectivity index (χ3v) is 3.12. The minimum absolute atomic E-state index is 0.205. The molecule has 3 nitrogen and oxygen atoms in total. The molecule has 0 aliphatic heterocycles. The average molecular weight is 251 g/mol. The quantitative estimate of drug-likeness (QED) is 0.906. The maximum Gasteiger partial charge on any atom is 0.0834 e. The van der Waals surface area contributed by atoms with E-state index in [2.05, 4.69) is 5.10 Å². The lowest BCUT2D eigenvalue weighted by Gasteiger charge is -2.07. The van der Waals surface area contributed by atoms with Crippen LogP contribution in [0.15, 0.2) is 30.5 Å². The molecule has 1 N–H and O–H groups in total. The van der Waals surface area contributed by atoms with Crippen LogP contribution in [0.2, 0.25) is 5.02 Å². The smallest absolute Gasteiger partial charge is 0.0834 e. The van der Waals surface area contributed by atoms with Crippen molar-refractivity contribution in [1.82, 2.24) is 9.78 Å². The van der Waals surface area contributed by atoms with Crippen molar-refractivity contribution in [3.63, 3.8) is 0 Å². The summed E-state index contributed by atoms with van der Waals surface area (Å²) in [4.78, 5) is 0. The molecule has 0 aliphatic rings. The lowest BCUT2D eigenvalue weighted by Crippen LogP contribution is -2.00. The molecular formula is C13H15ClN2O. The third-order valence-electron chi connectivity index (χ3n) is 2.80. The summed E-state index contributed by atoms with van der Waals surface area (Å²) >= 11 is 6.14. The Morgan fingerprint density at radius 1 is 1.35 bits per heavy atom. The zero-order valence-corrected chi connectivity index (χ0v) is 10.5. The van der Waals surface area contributed by atoms with Crippen molar-refractivity contribution in [2.24, 2.45) is 0 Å². The van der Waals surface area contributed by atoms with Gasteiger partial charge in [-0.1, -0.05) is 23.7 Å². The largest absolute Gasteiger partial charge is 0.396 e. The maximum absolute atomic E-state index is 8.84. The average Bonchev–Trinajstić information content (AvgIpc) is 2.69. The summed E-state index contributed by atoms with van der Waals surface area (Å²) < 4.78 is 1.84. The number of aliphatic hydroxyl groups is 1. The first-order chi connectivity index (χ1) is 8.24. The second-order valence-electron chi connectivity index (χ2n) is 3.95.